The van der Waals surface area contributed by atoms with Gasteiger partial charge in [-0.3, -0.25) is 9.69 Å². The van der Waals surface area contributed by atoms with Crippen molar-refractivity contribution in [1.29, 1.82) is 0 Å². The van der Waals surface area contributed by atoms with Gasteiger partial charge in [-0.05, 0) is 48.0 Å². The molecule has 0 aliphatic carbocycles. The van der Waals surface area contributed by atoms with Crippen LogP contribution in [-0.4, -0.2) is 35.3 Å². The Morgan fingerprint density at radius 2 is 1.70 bits per heavy atom. The predicted octanol–water partition coefficient (Wildman–Crippen LogP) is 7.35. The molecule has 1 N–H and O–H groups in total. The Morgan fingerprint density at radius 3 is 2.32 bits per heavy atom. The first-order chi connectivity index (χ1) is 17.6. The van der Waals surface area contributed by atoms with Crippen LogP contribution in [0.25, 0.3) is 10.1 Å². The van der Waals surface area contributed by atoms with Crippen LogP contribution in [-0.2, 0) is 12.7 Å². The van der Waals surface area contributed by atoms with Crippen molar-refractivity contribution in [2.45, 2.75) is 19.1 Å². The highest BCUT2D eigenvalue weighted by Gasteiger charge is 2.33. The van der Waals surface area contributed by atoms with Crippen LogP contribution in [0.15, 0.2) is 66.7 Å². The molecule has 10 heteroatoms. The van der Waals surface area contributed by atoms with Crippen molar-refractivity contribution >= 4 is 27.2 Å². The summed E-state index contributed by atoms with van der Waals surface area (Å²) in [6.07, 6.45) is -6.83. The van der Waals surface area contributed by atoms with Crippen molar-refractivity contribution in [3.63, 3.8) is 0 Å². The van der Waals surface area contributed by atoms with Crippen molar-refractivity contribution in [3.8, 4) is 17.2 Å². The third kappa shape index (κ3) is 5.30. The first-order valence-electron chi connectivity index (χ1n) is 11.3. The minimum atomic E-state index is -4.52. The summed E-state index contributed by atoms with van der Waals surface area (Å²) in [6, 6.07) is 15.5. The molecule has 0 bridgehead atoms. The molecular formula is C27H20F5NO3S. The maximum Gasteiger partial charge on any atom is 0.416 e. The van der Waals surface area contributed by atoms with E-state index in [4.69, 9.17) is 4.74 Å². The van der Waals surface area contributed by atoms with Gasteiger partial charge in [0.15, 0.2) is 5.75 Å². The van der Waals surface area contributed by atoms with Gasteiger partial charge in [0.1, 0.15) is 16.4 Å². The highest BCUT2D eigenvalue weighted by atomic mass is 32.1. The SMILES string of the molecule is O=C(c1ccc(C(F)(F)F)cc1)c1sc2cc(O)ccc2c1Oc1ccc(CN2CC(C(F)F)C2)cc1. The summed E-state index contributed by atoms with van der Waals surface area (Å²) in [5, 5.41) is 10.5. The van der Waals surface area contributed by atoms with Crippen LogP contribution in [0, 0.1) is 5.92 Å². The molecule has 4 nitrogen and oxygen atoms in total. The Bertz CT molecular complexity index is 1430. The predicted molar refractivity (Wildman–Crippen MR) is 130 cm³/mol. The minimum Gasteiger partial charge on any atom is -0.508 e. The lowest BCUT2D eigenvalue weighted by molar-refractivity contribution is -0.137. The van der Waals surface area contributed by atoms with E-state index in [1.54, 1.807) is 18.2 Å². The van der Waals surface area contributed by atoms with Crippen LogP contribution in [0.4, 0.5) is 22.0 Å². The molecule has 37 heavy (non-hydrogen) atoms. The fraction of sp³-hybridized carbons (Fsp3) is 0.222. The van der Waals surface area contributed by atoms with Gasteiger partial charge < -0.3 is 9.84 Å². The lowest BCUT2D eigenvalue weighted by Crippen LogP contribution is -2.49. The van der Waals surface area contributed by atoms with Crippen molar-refractivity contribution in [1.82, 2.24) is 4.90 Å². The summed E-state index contributed by atoms with van der Waals surface area (Å²) in [5.74, 6) is -0.438. The monoisotopic (exact) mass is 533 g/mol. The molecule has 1 aromatic heterocycles. The number of phenols is 1. The number of halogens is 5. The molecule has 1 aliphatic rings. The number of nitrogens with zero attached hydrogens (tertiary/aromatic N) is 1. The fourth-order valence-corrected chi connectivity index (χ4v) is 5.32. The summed E-state index contributed by atoms with van der Waals surface area (Å²) in [4.78, 5) is 15.4. The average Bonchev–Trinajstić information content (AvgIpc) is 3.18. The lowest BCUT2D eigenvalue weighted by atomic mass is 10.00. The summed E-state index contributed by atoms with van der Waals surface area (Å²) in [6.45, 7) is 1.22. The second-order valence-corrected chi connectivity index (χ2v) is 9.93. The van der Waals surface area contributed by atoms with Crippen molar-refractivity contribution in [2.24, 2.45) is 5.92 Å². The number of hydrogen-bond donors (Lipinski definition) is 1. The standard InChI is InChI=1S/C27H20F5NO3S/c28-26(29)17-13-33(14-17)12-15-1-8-20(9-2-15)36-24-21-10-7-19(34)11-22(21)37-25(24)23(35)16-3-5-18(6-4-16)27(30,31)32/h1-11,17,26,34H,12-14H2. The van der Waals surface area contributed by atoms with E-state index in [0.717, 1.165) is 41.2 Å². The number of carbonyl (C=O) groups is 1. The van der Waals surface area contributed by atoms with Gasteiger partial charge in [-0.15, -0.1) is 11.3 Å². The van der Waals surface area contributed by atoms with Crippen molar-refractivity contribution in [2.75, 3.05) is 13.1 Å². The number of phenolic OH excluding ortho intramolecular Hbond substituents is 1. The highest BCUT2D eigenvalue weighted by molar-refractivity contribution is 7.21. The van der Waals surface area contributed by atoms with E-state index < -0.39 is 29.9 Å². The molecule has 2 heterocycles. The van der Waals surface area contributed by atoms with Gasteiger partial charge in [0.05, 0.1) is 5.56 Å². The first kappa shape index (κ1) is 25.2. The van der Waals surface area contributed by atoms with Crippen LogP contribution in [0.1, 0.15) is 26.4 Å². The number of ether oxygens (including phenoxy) is 1. The van der Waals surface area contributed by atoms with Crippen molar-refractivity contribution in [3.05, 3.63) is 88.3 Å². The van der Waals surface area contributed by atoms with Crippen LogP contribution >= 0.6 is 11.3 Å². The van der Waals surface area contributed by atoms with Gasteiger partial charge >= 0.3 is 6.18 Å². The number of rotatable bonds is 7. The molecule has 0 amide bonds. The van der Waals surface area contributed by atoms with Crippen LogP contribution in [0.3, 0.4) is 0 Å². The van der Waals surface area contributed by atoms with Gasteiger partial charge in [-0.2, -0.15) is 13.2 Å². The molecule has 0 spiro atoms. The number of likely N-dealkylation sites (tertiary alicyclic amines) is 1. The maximum absolute atomic E-state index is 13.3. The number of carbonyl (C=O) groups excluding carboxylic acids is 1. The average molecular weight is 534 g/mol. The highest BCUT2D eigenvalue weighted by Crippen LogP contribution is 2.43. The van der Waals surface area contributed by atoms with Gasteiger partial charge in [0, 0.05) is 41.2 Å². The number of thiophene rings is 1. The molecule has 1 saturated heterocycles. The number of hydrogen-bond acceptors (Lipinski definition) is 5. The summed E-state index contributed by atoms with van der Waals surface area (Å²) >= 11 is 1.07. The van der Waals surface area contributed by atoms with E-state index in [9.17, 15) is 31.9 Å². The smallest absolute Gasteiger partial charge is 0.416 e. The quantitative estimate of drug-likeness (QED) is 0.199. The Balaban J connectivity index is 1.40. The first-order valence-corrected chi connectivity index (χ1v) is 12.1. The second-order valence-electron chi connectivity index (χ2n) is 8.88. The molecule has 0 saturated carbocycles. The molecule has 5 rings (SSSR count). The topological polar surface area (TPSA) is 49.8 Å². The van der Waals surface area contributed by atoms with E-state index in [2.05, 4.69) is 0 Å². The minimum absolute atomic E-state index is 0.00161. The number of ketones is 1. The largest absolute Gasteiger partial charge is 0.508 e. The molecule has 1 aliphatic heterocycles. The van der Waals surface area contributed by atoms with Crippen LogP contribution in [0.2, 0.25) is 0 Å². The van der Waals surface area contributed by atoms with E-state index in [1.807, 2.05) is 17.0 Å². The molecular weight excluding hydrogens is 513 g/mol. The summed E-state index contributed by atoms with van der Waals surface area (Å²) in [7, 11) is 0. The maximum atomic E-state index is 13.3. The zero-order chi connectivity index (χ0) is 26.3. The van der Waals surface area contributed by atoms with Gasteiger partial charge in [-0.25, -0.2) is 8.78 Å². The summed E-state index contributed by atoms with van der Waals surface area (Å²) in [5.41, 5.74) is 0.131. The van der Waals surface area contributed by atoms with Crippen molar-refractivity contribution < 1.29 is 36.6 Å². The molecule has 4 aromatic rings. The molecule has 0 atom stereocenters. The van der Waals surface area contributed by atoms with E-state index >= 15 is 0 Å². The Hall–Kier alpha value is -3.50. The molecule has 0 unspecified atom stereocenters. The number of fused-ring (bicyclic) bond motifs is 1. The molecule has 192 valence electrons. The van der Waals surface area contributed by atoms with E-state index in [-0.39, 0.29) is 21.9 Å². The Kier molecular flexibility index (Phi) is 6.63. The zero-order valence-corrected chi connectivity index (χ0v) is 20.0. The van der Waals surface area contributed by atoms with E-state index in [1.165, 1.54) is 12.1 Å². The third-order valence-electron chi connectivity index (χ3n) is 6.20. The summed E-state index contributed by atoms with van der Waals surface area (Å²) < 4.78 is 70.9. The lowest BCUT2D eigenvalue weighted by Gasteiger charge is -2.38. The van der Waals surface area contributed by atoms with Crippen LogP contribution < -0.4 is 4.74 Å². The normalized spacial score (nSPS) is 14.8. The van der Waals surface area contributed by atoms with E-state index in [0.29, 0.717) is 35.5 Å². The molecule has 0 radical (unpaired) electrons. The van der Waals surface area contributed by atoms with Gasteiger partial charge in [-0.1, -0.05) is 24.3 Å². The number of aromatic hydroxyl groups is 1. The van der Waals surface area contributed by atoms with Gasteiger partial charge in [0.2, 0.25) is 12.2 Å². The van der Waals surface area contributed by atoms with Gasteiger partial charge in [0.25, 0.3) is 0 Å². The second kappa shape index (κ2) is 9.75. The van der Waals surface area contributed by atoms with Crippen LogP contribution in [0.5, 0.6) is 17.2 Å². The number of benzene rings is 3. The Labute approximate surface area is 212 Å². The number of alkyl halides is 5. The molecule has 3 aromatic carbocycles. The third-order valence-corrected chi connectivity index (χ3v) is 7.33. The molecule has 1 fully saturated rings. The fourth-order valence-electron chi connectivity index (χ4n) is 4.19. The Morgan fingerprint density at radius 1 is 1.03 bits per heavy atom. The zero-order valence-electron chi connectivity index (χ0n) is 19.1.